The Kier molecular flexibility index (Phi) is 5.02. The van der Waals surface area contributed by atoms with Gasteiger partial charge in [-0.25, -0.2) is 0 Å². The number of hydrogen-bond acceptors (Lipinski definition) is 3. The summed E-state index contributed by atoms with van der Waals surface area (Å²) in [5, 5.41) is 12.0. The zero-order valence-electron chi connectivity index (χ0n) is 11.5. The molecule has 1 aromatic rings. The van der Waals surface area contributed by atoms with Crippen LogP contribution in [-0.2, 0) is 11.2 Å². The first-order chi connectivity index (χ1) is 9.17. The second-order valence-electron chi connectivity index (χ2n) is 5.49. The largest absolute Gasteiger partial charge is 0.466 e. The minimum Gasteiger partial charge on any atom is -0.466 e. The van der Waals surface area contributed by atoms with E-state index in [1.54, 1.807) is 0 Å². The van der Waals surface area contributed by atoms with Crippen molar-refractivity contribution in [2.75, 3.05) is 6.61 Å². The van der Waals surface area contributed by atoms with Crippen molar-refractivity contribution < 1.29 is 14.3 Å². The summed E-state index contributed by atoms with van der Waals surface area (Å²) in [7, 11) is 0. The maximum atomic E-state index is 11.9. The number of furan rings is 1. The van der Waals surface area contributed by atoms with Crippen LogP contribution in [-0.4, -0.2) is 23.7 Å². The summed E-state index contributed by atoms with van der Waals surface area (Å²) < 4.78 is 5.40. The molecule has 0 unspecified atom stereocenters. The summed E-state index contributed by atoms with van der Waals surface area (Å²) in [4.78, 5) is 11.9. The first-order valence-electron chi connectivity index (χ1n) is 7.13. The Hall–Kier alpha value is -1.29. The molecule has 1 aliphatic rings. The van der Waals surface area contributed by atoms with E-state index in [1.165, 1.54) is 0 Å². The third-order valence-electron chi connectivity index (χ3n) is 3.88. The van der Waals surface area contributed by atoms with Gasteiger partial charge in [0.2, 0.25) is 5.91 Å². The molecule has 0 bridgehead atoms. The summed E-state index contributed by atoms with van der Waals surface area (Å²) in [5.41, 5.74) is 0. The maximum absolute atomic E-state index is 11.9. The topological polar surface area (TPSA) is 62.5 Å². The molecule has 1 aromatic heterocycles. The number of rotatable bonds is 5. The van der Waals surface area contributed by atoms with Crippen molar-refractivity contribution >= 4 is 5.91 Å². The van der Waals surface area contributed by atoms with Gasteiger partial charge < -0.3 is 14.8 Å². The van der Waals surface area contributed by atoms with Crippen LogP contribution in [0.3, 0.4) is 0 Å². The molecule has 19 heavy (non-hydrogen) atoms. The third-order valence-corrected chi connectivity index (χ3v) is 3.88. The monoisotopic (exact) mass is 265 g/mol. The van der Waals surface area contributed by atoms with Crippen LogP contribution >= 0.6 is 0 Å². The average molecular weight is 265 g/mol. The normalized spacial score (nSPS) is 23.3. The van der Waals surface area contributed by atoms with Crippen LogP contribution < -0.4 is 5.32 Å². The van der Waals surface area contributed by atoms with Crippen molar-refractivity contribution in [2.24, 2.45) is 5.92 Å². The van der Waals surface area contributed by atoms with Crippen LogP contribution in [0.4, 0.5) is 0 Å². The van der Waals surface area contributed by atoms with E-state index in [0.717, 1.165) is 43.6 Å². The predicted molar refractivity (Wildman–Crippen MR) is 72.7 cm³/mol. The highest BCUT2D eigenvalue weighted by atomic mass is 16.3. The lowest BCUT2D eigenvalue weighted by atomic mass is 9.84. The Bertz CT molecular complexity index is 405. The third kappa shape index (κ3) is 4.39. The summed E-state index contributed by atoms with van der Waals surface area (Å²) in [6, 6.07) is 4.02. The van der Waals surface area contributed by atoms with Gasteiger partial charge in [-0.15, -0.1) is 0 Å². The molecule has 0 aliphatic heterocycles. The van der Waals surface area contributed by atoms with Gasteiger partial charge in [-0.2, -0.15) is 0 Å². The summed E-state index contributed by atoms with van der Waals surface area (Å²) >= 11 is 0. The van der Waals surface area contributed by atoms with Gasteiger partial charge in [0, 0.05) is 12.6 Å². The first kappa shape index (κ1) is 14.1. The Morgan fingerprint density at radius 2 is 2.11 bits per heavy atom. The molecule has 2 rings (SSSR count). The molecular formula is C15H23NO3. The Balaban J connectivity index is 1.71. The molecule has 1 amide bonds. The molecule has 0 saturated heterocycles. The summed E-state index contributed by atoms with van der Waals surface area (Å²) in [6.45, 7) is 2.16. The van der Waals surface area contributed by atoms with Crippen molar-refractivity contribution in [2.45, 2.75) is 51.5 Å². The minimum absolute atomic E-state index is 0.0416. The van der Waals surface area contributed by atoms with Crippen LogP contribution in [0.5, 0.6) is 0 Å². The zero-order chi connectivity index (χ0) is 13.7. The number of hydrogen-bond donors (Lipinski definition) is 2. The van der Waals surface area contributed by atoms with E-state index in [9.17, 15) is 4.79 Å². The van der Waals surface area contributed by atoms with Gasteiger partial charge in [-0.3, -0.25) is 4.79 Å². The van der Waals surface area contributed by atoms with E-state index in [-0.39, 0.29) is 12.5 Å². The van der Waals surface area contributed by atoms with Crippen molar-refractivity contribution in [3.8, 4) is 0 Å². The second-order valence-corrected chi connectivity index (χ2v) is 5.49. The zero-order valence-corrected chi connectivity index (χ0v) is 11.5. The number of aliphatic hydroxyl groups excluding tert-OH is 1. The number of aliphatic hydroxyl groups is 1. The Labute approximate surface area is 114 Å². The molecule has 0 spiro atoms. The van der Waals surface area contributed by atoms with Gasteiger partial charge in [0.05, 0.1) is 6.42 Å². The lowest BCUT2D eigenvalue weighted by molar-refractivity contribution is -0.121. The molecule has 4 heteroatoms. The maximum Gasteiger partial charge on any atom is 0.227 e. The van der Waals surface area contributed by atoms with Crippen LogP contribution in [0.2, 0.25) is 0 Å². The first-order valence-corrected chi connectivity index (χ1v) is 7.13. The molecule has 0 aromatic carbocycles. The second kappa shape index (κ2) is 6.75. The number of carbonyl (C=O) groups is 1. The Morgan fingerprint density at radius 1 is 1.37 bits per heavy atom. The fourth-order valence-electron chi connectivity index (χ4n) is 2.80. The van der Waals surface area contributed by atoms with Gasteiger partial charge in [0.1, 0.15) is 11.5 Å². The smallest absolute Gasteiger partial charge is 0.227 e. The average Bonchev–Trinajstić information content (AvgIpc) is 2.77. The highest BCUT2D eigenvalue weighted by molar-refractivity contribution is 5.78. The Morgan fingerprint density at radius 3 is 2.68 bits per heavy atom. The van der Waals surface area contributed by atoms with Crippen LogP contribution in [0, 0.1) is 12.8 Å². The van der Waals surface area contributed by atoms with Crippen molar-refractivity contribution in [3.05, 3.63) is 23.7 Å². The standard InChI is InChI=1S/C15H23NO3/c1-11-2-7-14(19-11)10-15(18)16-13-5-3-12(4-6-13)8-9-17/h2,7,12-13,17H,3-6,8-10H2,1H3,(H,16,18). The lowest BCUT2D eigenvalue weighted by Gasteiger charge is -2.28. The highest BCUT2D eigenvalue weighted by Crippen LogP contribution is 2.26. The molecule has 1 saturated carbocycles. The quantitative estimate of drug-likeness (QED) is 0.858. The van der Waals surface area contributed by atoms with Crippen LogP contribution in [0.1, 0.15) is 43.6 Å². The SMILES string of the molecule is Cc1ccc(CC(=O)NC2CCC(CCO)CC2)o1. The van der Waals surface area contributed by atoms with E-state index >= 15 is 0 Å². The van der Waals surface area contributed by atoms with Crippen molar-refractivity contribution in [1.82, 2.24) is 5.32 Å². The molecule has 106 valence electrons. The highest BCUT2D eigenvalue weighted by Gasteiger charge is 2.22. The van der Waals surface area contributed by atoms with Crippen molar-refractivity contribution in [1.29, 1.82) is 0 Å². The number of nitrogens with one attached hydrogen (secondary N) is 1. The molecular weight excluding hydrogens is 242 g/mol. The van der Waals surface area contributed by atoms with E-state index in [1.807, 2.05) is 19.1 Å². The molecule has 1 fully saturated rings. The van der Waals surface area contributed by atoms with Crippen molar-refractivity contribution in [3.63, 3.8) is 0 Å². The molecule has 4 nitrogen and oxygen atoms in total. The molecule has 1 heterocycles. The summed E-state index contributed by atoms with van der Waals surface area (Å²) in [6.07, 6.45) is 5.47. The van der Waals surface area contributed by atoms with Gasteiger partial charge in [-0.05, 0) is 57.1 Å². The van der Waals surface area contributed by atoms with Crippen LogP contribution in [0.25, 0.3) is 0 Å². The van der Waals surface area contributed by atoms with Gasteiger partial charge in [-0.1, -0.05) is 0 Å². The number of amides is 1. The van der Waals surface area contributed by atoms with Gasteiger partial charge in [0.15, 0.2) is 0 Å². The summed E-state index contributed by atoms with van der Waals surface area (Å²) in [5.74, 6) is 2.24. The predicted octanol–water partition coefficient (Wildman–Crippen LogP) is 2.19. The molecule has 0 atom stereocenters. The van der Waals surface area contributed by atoms with Crippen LogP contribution in [0.15, 0.2) is 16.5 Å². The van der Waals surface area contributed by atoms with E-state index in [0.29, 0.717) is 18.4 Å². The van der Waals surface area contributed by atoms with E-state index < -0.39 is 0 Å². The molecule has 2 N–H and O–H groups in total. The number of carbonyl (C=O) groups excluding carboxylic acids is 1. The van der Waals surface area contributed by atoms with Gasteiger partial charge in [0.25, 0.3) is 0 Å². The fourth-order valence-corrected chi connectivity index (χ4v) is 2.80. The van der Waals surface area contributed by atoms with E-state index in [2.05, 4.69) is 5.32 Å². The number of aryl methyl sites for hydroxylation is 1. The molecule has 0 radical (unpaired) electrons. The fraction of sp³-hybridized carbons (Fsp3) is 0.667. The molecule has 1 aliphatic carbocycles. The lowest BCUT2D eigenvalue weighted by Crippen LogP contribution is -2.38. The minimum atomic E-state index is 0.0416. The van der Waals surface area contributed by atoms with E-state index in [4.69, 9.17) is 9.52 Å². The van der Waals surface area contributed by atoms with Gasteiger partial charge >= 0.3 is 0 Å².